The zero-order valence-electron chi connectivity index (χ0n) is 4.51. The van der Waals surface area contributed by atoms with E-state index in [1.54, 1.807) is 0 Å². The molecule has 0 amide bonds. The molecular formula is C2H10NaO6P. The van der Waals surface area contributed by atoms with E-state index in [-0.39, 0.29) is 42.8 Å². The van der Waals surface area contributed by atoms with Crippen LogP contribution in [0.4, 0.5) is 0 Å². The first kappa shape index (κ1) is 17.2. The van der Waals surface area contributed by atoms with Crippen LogP contribution in [0.25, 0.3) is 0 Å². The topological polar surface area (TPSA) is 118 Å². The Labute approximate surface area is 80.0 Å². The van der Waals surface area contributed by atoms with E-state index in [1.807, 2.05) is 0 Å². The number of hydrogen-bond acceptors (Lipinski definition) is 3. The van der Waals surface area contributed by atoms with Gasteiger partial charge in [0.05, 0.1) is 13.2 Å². The van der Waals surface area contributed by atoms with Gasteiger partial charge in [0.1, 0.15) is 0 Å². The summed E-state index contributed by atoms with van der Waals surface area (Å²) in [4.78, 5) is 21.6. The maximum atomic E-state index is 8.88. The number of phosphoric acid groups is 1. The molecule has 0 aliphatic rings. The molecule has 0 radical (unpaired) electrons. The van der Waals surface area contributed by atoms with Crippen LogP contribution in [0, 0.1) is 0 Å². The molecule has 0 heterocycles. The van der Waals surface area contributed by atoms with Crippen molar-refractivity contribution in [2.45, 2.75) is 0 Å². The van der Waals surface area contributed by atoms with Gasteiger partial charge in [-0.25, -0.2) is 4.57 Å². The third-order valence-corrected chi connectivity index (χ3v) is 0.1000. The molecule has 0 spiro atoms. The molecule has 0 fully saturated rings. The van der Waals surface area contributed by atoms with Gasteiger partial charge in [-0.2, -0.15) is 0 Å². The Morgan fingerprint density at radius 3 is 1.10 bits per heavy atom. The third kappa shape index (κ3) is 141. The summed E-state index contributed by atoms with van der Waals surface area (Å²) < 4.78 is 8.88. The Morgan fingerprint density at radius 1 is 1.00 bits per heavy atom. The SMILES string of the molecule is O=P(O)(O)O.OCCO.[NaH]. The Bertz CT molecular complexity index is 79.5. The van der Waals surface area contributed by atoms with Crippen LogP contribution in [0.1, 0.15) is 0 Å². The molecule has 0 aliphatic carbocycles. The van der Waals surface area contributed by atoms with Crippen LogP contribution in [-0.4, -0.2) is 67.7 Å². The van der Waals surface area contributed by atoms with Gasteiger partial charge in [0, 0.05) is 0 Å². The van der Waals surface area contributed by atoms with Crippen molar-refractivity contribution in [1.29, 1.82) is 0 Å². The Hall–Kier alpha value is 1.03. The molecule has 0 unspecified atom stereocenters. The van der Waals surface area contributed by atoms with Crippen LogP contribution in [-0.2, 0) is 4.57 Å². The van der Waals surface area contributed by atoms with E-state index in [1.165, 1.54) is 0 Å². The van der Waals surface area contributed by atoms with Crippen LogP contribution in [0.15, 0.2) is 0 Å². The quantitative estimate of drug-likeness (QED) is 0.225. The average Bonchev–Trinajstić information content (AvgIpc) is 1.61. The van der Waals surface area contributed by atoms with Crippen molar-refractivity contribution in [1.82, 2.24) is 0 Å². The molecule has 0 aliphatic heterocycles. The molecule has 8 heteroatoms. The molecule has 5 N–H and O–H groups in total. The summed E-state index contributed by atoms with van der Waals surface area (Å²) in [5, 5.41) is 15.2. The maximum absolute atomic E-state index is 8.88. The first-order valence-electron chi connectivity index (χ1n) is 1.92. The summed E-state index contributed by atoms with van der Waals surface area (Å²) in [6.45, 7) is -0.250. The predicted molar refractivity (Wildman–Crippen MR) is 35.6 cm³/mol. The molecule has 10 heavy (non-hydrogen) atoms. The zero-order valence-corrected chi connectivity index (χ0v) is 5.40. The second-order valence-electron chi connectivity index (χ2n) is 0.960. The summed E-state index contributed by atoms with van der Waals surface area (Å²) in [6.07, 6.45) is 0. The molecule has 0 atom stereocenters. The Morgan fingerprint density at radius 2 is 1.10 bits per heavy atom. The molecular weight excluding hydrogens is 174 g/mol. The standard InChI is InChI=1S/C2H6O2.Na.H3O4P.H/c3-1-2-4;;1-5(2,3)4;/h3-4H,1-2H2;;(H3,1,2,3,4);. The van der Waals surface area contributed by atoms with Crippen LogP contribution in [0.5, 0.6) is 0 Å². The van der Waals surface area contributed by atoms with E-state index in [2.05, 4.69) is 0 Å². The predicted octanol–water partition coefficient (Wildman–Crippen LogP) is -2.61. The summed E-state index contributed by atoms with van der Waals surface area (Å²) in [5.41, 5.74) is 0. The third-order valence-electron chi connectivity index (χ3n) is 0.1000. The minimum absolute atomic E-state index is 0. The van der Waals surface area contributed by atoms with Crippen molar-refractivity contribution >= 4 is 37.4 Å². The van der Waals surface area contributed by atoms with Gasteiger partial charge in [-0.1, -0.05) is 0 Å². The van der Waals surface area contributed by atoms with Gasteiger partial charge in [-0.05, 0) is 0 Å². The fourth-order valence-electron chi connectivity index (χ4n) is 0. The van der Waals surface area contributed by atoms with Crippen molar-refractivity contribution in [3.05, 3.63) is 0 Å². The molecule has 0 bridgehead atoms. The summed E-state index contributed by atoms with van der Waals surface area (Å²) >= 11 is 0. The van der Waals surface area contributed by atoms with E-state index in [0.29, 0.717) is 0 Å². The van der Waals surface area contributed by atoms with Gasteiger partial charge in [0.2, 0.25) is 0 Å². The van der Waals surface area contributed by atoms with E-state index < -0.39 is 7.82 Å². The fourth-order valence-corrected chi connectivity index (χ4v) is 0. The van der Waals surface area contributed by atoms with Crippen molar-refractivity contribution < 1.29 is 29.5 Å². The first-order chi connectivity index (χ1) is 3.91. The minimum atomic E-state index is -4.64. The van der Waals surface area contributed by atoms with Gasteiger partial charge in [-0.3, -0.25) is 0 Å². The second-order valence-corrected chi connectivity index (χ2v) is 1.99. The molecule has 0 aromatic heterocycles. The summed E-state index contributed by atoms with van der Waals surface area (Å²) in [5.74, 6) is 0. The van der Waals surface area contributed by atoms with Gasteiger partial charge in [0.25, 0.3) is 0 Å². The Kier molecular flexibility index (Phi) is 17.3. The number of rotatable bonds is 1. The van der Waals surface area contributed by atoms with E-state index in [9.17, 15) is 0 Å². The van der Waals surface area contributed by atoms with Crippen LogP contribution in [0.3, 0.4) is 0 Å². The first-order valence-corrected chi connectivity index (χ1v) is 3.48. The fraction of sp³-hybridized carbons (Fsp3) is 1.00. The zero-order chi connectivity index (χ0) is 7.91. The molecule has 6 nitrogen and oxygen atoms in total. The van der Waals surface area contributed by atoms with Gasteiger partial charge in [0.15, 0.2) is 0 Å². The second kappa shape index (κ2) is 10.0. The van der Waals surface area contributed by atoms with Crippen molar-refractivity contribution in [2.24, 2.45) is 0 Å². The average molecular weight is 184 g/mol. The van der Waals surface area contributed by atoms with E-state index in [0.717, 1.165) is 0 Å². The molecule has 60 valence electrons. The van der Waals surface area contributed by atoms with Gasteiger partial charge in [-0.15, -0.1) is 0 Å². The molecule has 0 rings (SSSR count). The van der Waals surface area contributed by atoms with Crippen molar-refractivity contribution in [2.75, 3.05) is 13.2 Å². The van der Waals surface area contributed by atoms with Crippen LogP contribution < -0.4 is 0 Å². The van der Waals surface area contributed by atoms with Crippen molar-refractivity contribution in [3.63, 3.8) is 0 Å². The van der Waals surface area contributed by atoms with Crippen LogP contribution in [0.2, 0.25) is 0 Å². The molecule has 0 saturated carbocycles. The molecule has 0 saturated heterocycles. The van der Waals surface area contributed by atoms with E-state index in [4.69, 9.17) is 29.5 Å². The number of hydrogen-bond donors (Lipinski definition) is 5. The monoisotopic (exact) mass is 184 g/mol. The van der Waals surface area contributed by atoms with Gasteiger partial charge >= 0.3 is 37.4 Å². The van der Waals surface area contributed by atoms with E-state index >= 15 is 0 Å². The van der Waals surface area contributed by atoms with Crippen molar-refractivity contribution in [3.8, 4) is 0 Å². The number of aliphatic hydroxyl groups excluding tert-OH is 2. The summed E-state index contributed by atoms with van der Waals surface area (Å²) in [6, 6.07) is 0. The van der Waals surface area contributed by atoms with Crippen LogP contribution >= 0.6 is 7.82 Å². The number of aliphatic hydroxyl groups is 2. The summed E-state index contributed by atoms with van der Waals surface area (Å²) in [7, 11) is -4.64. The molecule has 0 aromatic rings. The Balaban J connectivity index is -0.0000000910. The van der Waals surface area contributed by atoms with Gasteiger partial charge < -0.3 is 24.9 Å². The molecule has 0 aromatic carbocycles. The normalized spacial score (nSPS) is 8.90.